The van der Waals surface area contributed by atoms with Gasteiger partial charge in [0.25, 0.3) is 10.0 Å². The molecule has 5 nitrogen and oxygen atoms in total. The molecule has 0 aromatic carbocycles. The van der Waals surface area contributed by atoms with Crippen LogP contribution in [-0.4, -0.2) is 29.3 Å². The third-order valence-corrected chi connectivity index (χ3v) is 5.30. The number of hydrogen-bond donors (Lipinski definition) is 2. The van der Waals surface area contributed by atoms with Crippen molar-refractivity contribution < 1.29 is 8.42 Å². The Bertz CT molecular complexity index is 404. The van der Waals surface area contributed by atoms with Gasteiger partial charge in [0.15, 0.2) is 5.03 Å². The number of halogens is 1. The van der Waals surface area contributed by atoms with Gasteiger partial charge < -0.3 is 4.98 Å². The summed E-state index contributed by atoms with van der Waals surface area (Å²) in [5, 5.41) is 0.681. The van der Waals surface area contributed by atoms with Crippen molar-refractivity contribution in [1.29, 1.82) is 0 Å². The van der Waals surface area contributed by atoms with Crippen LogP contribution >= 0.6 is 15.9 Å². The zero-order chi connectivity index (χ0) is 12.2. The maximum Gasteiger partial charge on any atom is 0.258 e. The maximum atomic E-state index is 12.0. The molecule has 1 rings (SSSR count). The van der Waals surface area contributed by atoms with E-state index in [1.807, 2.05) is 13.8 Å². The first-order valence-electron chi connectivity index (χ1n) is 5.08. The fraction of sp³-hybridized carbons (Fsp3) is 0.667. The van der Waals surface area contributed by atoms with E-state index in [2.05, 4.69) is 30.6 Å². The molecule has 7 heteroatoms. The van der Waals surface area contributed by atoms with Gasteiger partial charge >= 0.3 is 0 Å². The summed E-state index contributed by atoms with van der Waals surface area (Å²) in [5.41, 5.74) is -0.441. The van der Waals surface area contributed by atoms with E-state index in [1.54, 1.807) is 0 Å². The summed E-state index contributed by atoms with van der Waals surface area (Å²) < 4.78 is 26.7. The summed E-state index contributed by atoms with van der Waals surface area (Å²) in [5.74, 6) is 0. The molecular weight excluding hydrogens is 294 g/mol. The van der Waals surface area contributed by atoms with Crippen molar-refractivity contribution in [2.45, 2.75) is 37.3 Å². The molecule has 0 unspecified atom stereocenters. The predicted molar refractivity (Wildman–Crippen MR) is 66.0 cm³/mol. The molecule has 1 aromatic heterocycles. The van der Waals surface area contributed by atoms with E-state index < -0.39 is 15.6 Å². The van der Waals surface area contributed by atoms with Crippen molar-refractivity contribution in [2.75, 3.05) is 5.33 Å². The number of aromatic amines is 1. The Labute approximate surface area is 104 Å². The lowest BCUT2D eigenvalue weighted by atomic mass is 9.97. The standard InChI is InChI=1S/C9H16BrN3O2S/c1-3-9(4-2,6-10)13-16(14,15)8-5-11-7-12-8/h5,7,13H,3-4,6H2,1-2H3,(H,11,12). The molecule has 0 saturated heterocycles. The minimum absolute atomic E-state index is 0.0970. The lowest BCUT2D eigenvalue weighted by Gasteiger charge is -2.29. The minimum atomic E-state index is -3.51. The first-order valence-corrected chi connectivity index (χ1v) is 7.68. The first kappa shape index (κ1) is 13.7. The highest BCUT2D eigenvalue weighted by Gasteiger charge is 2.31. The van der Waals surface area contributed by atoms with Crippen molar-refractivity contribution >= 4 is 26.0 Å². The molecule has 0 aliphatic heterocycles. The number of nitrogens with zero attached hydrogens (tertiary/aromatic N) is 1. The summed E-state index contributed by atoms with van der Waals surface area (Å²) in [4.78, 5) is 6.30. The van der Waals surface area contributed by atoms with Crippen LogP contribution in [0.3, 0.4) is 0 Å². The first-order chi connectivity index (χ1) is 7.49. The molecule has 16 heavy (non-hydrogen) atoms. The van der Waals surface area contributed by atoms with Gasteiger partial charge in [-0.2, -0.15) is 0 Å². The Morgan fingerprint density at radius 2 is 2.12 bits per heavy atom. The largest absolute Gasteiger partial charge is 0.335 e. The molecular formula is C9H16BrN3O2S. The van der Waals surface area contributed by atoms with Crippen molar-refractivity contribution in [1.82, 2.24) is 14.7 Å². The van der Waals surface area contributed by atoms with Gasteiger partial charge in [0.05, 0.1) is 12.5 Å². The SMILES string of the molecule is CCC(CC)(CBr)NS(=O)(=O)c1cnc[nH]1. The number of imidazole rings is 1. The van der Waals surface area contributed by atoms with Crippen LogP contribution in [0.5, 0.6) is 0 Å². The molecule has 2 N–H and O–H groups in total. The Morgan fingerprint density at radius 3 is 2.50 bits per heavy atom. The van der Waals surface area contributed by atoms with E-state index in [4.69, 9.17) is 0 Å². The average Bonchev–Trinajstić information content (AvgIpc) is 2.80. The molecule has 0 radical (unpaired) electrons. The fourth-order valence-corrected chi connectivity index (χ4v) is 3.91. The highest BCUT2D eigenvalue weighted by Crippen LogP contribution is 2.20. The van der Waals surface area contributed by atoms with Crippen LogP contribution in [0.2, 0.25) is 0 Å². The van der Waals surface area contributed by atoms with Crippen molar-refractivity contribution in [3.05, 3.63) is 12.5 Å². The number of hydrogen-bond acceptors (Lipinski definition) is 3. The van der Waals surface area contributed by atoms with Gasteiger partial charge in [-0.15, -0.1) is 0 Å². The summed E-state index contributed by atoms with van der Waals surface area (Å²) in [6, 6.07) is 0. The molecule has 0 bridgehead atoms. The van der Waals surface area contributed by atoms with E-state index in [0.29, 0.717) is 5.33 Å². The summed E-state index contributed by atoms with van der Waals surface area (Å²) in [6.07, 6.45) is 4.10. The van der Waals surface area contributed by atoms with Crippen molar-refractivity contribution in [3.63, 3.8) is 0 Å². The van der Waals surface area contributed by atoms with Crippen LogP contribution in [0.4, 0.5) is 0 Å². The Kier molecular flexibility index (Phi) is 4.52. The van der Waals surface area contributed by atoms with E-state index in [0.717, 1.165) is 12.8 Å². The molecule has 0 atom stereocenters. The number of nitrogens with one attached hydrogen (secondary N) is 2. The van der Waals surface area contributed by atoms with Crippen LogP contribution in [0.25, 0.3) is 0 Å². The quantitative estimate of drug-likeness (QED) is 0.784. The topological polar surface area (TPSA) is 74.8 Å². The second kappa shape index (κ2) is 5.29. The monoisotopic (exact) mass is 309 g/mol. The number of rotatable bonds is 6. The van der Waals surface area contributed by atoms with Crippen molar-refractivity contribution in [2.24, 2.45) is 0 Å². The second-order valence-corrected chi connectivity index (χ2v) is 5.85. The highest BCUT2D eigenvalue weighted by molar-refractivity contribution is 9.09. The number of alkyl halides is 1. The summed E-state index contributed by atoms with van der Waals surface area (Å²) >= 11 is 3.36. The Hall–Kier alpha value is -0.400. The van der Waals surface area contributed by atoms with E-state index >= 15 is 0 Å². The van der Waals surface area contributed by atoms with Gasteiger partial charge in [-0.25, -0.2) is 18.1 Å². The highest BCUT2D eigenvalue weighted by atomic mass is 79.9. The third kappa shape index (κ3) is 2.83. The maximum absolute atomic E-state index is 12.0. The van der Waals surface area contributed by atoms with Crippen LogP contribution < -0.4 is 4.72 Å². The Balaban J connectivity index is 2.96. The van der Waals surface area contributed by atoms with E-state index in [1.165, 1.54) is 12.5 Å². The van der Waals surface area contributed by atoms with Crippen LogP contribution in [0, 0.1) is 0 Å². The zero-order valence-corrected chi connectivity index (χ0v) is 11.7. The molecule has 0 aliphatic carbocycles. The van der Waals surface area contributed by atoms with E-state index in [9.17, 15) is 8.42 Å². The smallest absolute Gasteiger partial charge is 0.258 e. The van der Waals surface area contributed by atoms with Crippen molar-refractivity contribution in [3.8, 4) is 0 Å². The molecule has 0 aliphatic rings. The Morgan fingerprint density at radius 1 is 1.50 bits per heavy atom. The lowest BCUT2D eigenvalue weighted by molar-refractivity contribution is 0.398. The zero-order valence-electron chi connectivity index (χ0n) is 9.33. The fourth-order valence-electron chi connectivity index (χ4n) is 1.34. The van der Waals surface area contributed by atoms with Gasteiger partial charge in [0, 0.05) is 10.9 Å². The molecule has 92 valence electrons. The van der Waals surface area contributed by atoms with E-state index in [-0.39, 0.29) is 5.03 Å². The molecule has 0 fully saturated rings. The summed E-state index contributed by atoms with van der Waals surface area (Å²) in [6.45, 7) is 3.92. The molecule has 1 aromatic rings. The predicted octanol–water partition coefficient (Wildman–Crippen LogP) is 1.64. The molecule has 0 spiro atoms. The van der Waals surface area contributed by atoms with Gasteiger partial charge in [0.1, 0.15) is 0 Å². The molecule has 0 amide bonds. The number of aromatic nitrogens is 2. The normalized spacial score (nSPS) is 12.9. The summed E-state index contributed by atoms with van der Waals surface area (Å²) in [7, 11) is -3.51. The minimum Gasteiger partial charge on any atom is -0.335 e. The molecule has 1 heterocycles. The van der Waals surface area contributed by atoms with Gasteiger partial charge in [-0.1, -0.05) is 29.8 Å². The number of sulfonamides is 1. The van der Waals surface area contributed by atoms with Gasteiger partial charge in [-0.05, 0) is 12.8 Å². The lowest BCUT2D eigenvalue weighted by Crippen LogP contribution is -2.49. The third-order valence-electron chi connectivity index (χ3n) is 2.72. The van der Waals surface area contributed by atoms with Gasteiger partial charge in [0.2, 0.25) is 0 Å². The average molecular weight is 310 g/mol. The molecule has 0 saturated carbocycles. The van der Waals surface area contributed by atoms with Crippen LogP contribution in [0.15, 0.2) is 17.6 Å². The van der Waals surface area contributed by atoms with Crippen LogP contribution in [0.1, 0.15) is 26.7 Å². The number of H-pyrrole nitrogens is 1. The second-order valence-electron chi connectivity index (χ2n) is 3.64. The van der Waals surface area contributed by atoms with Crippen LogP contribution in [-0.2, 0) is 10.0 Å². The van der Waals surface area contributed by atoms with Gasteiger partial charge in [-0.3, -0.25) is 0 Å².